The summed E-state index contributed by atoms with van der Waals surface area (Å²) in [7, 11) is 1.60. The van der Waals surface area contributed by atoms with Crippen LogP contribution in [0.25, 0.3) is 5.76 Å². The number of benzene rings is 2. The van der Waals surface area contributed by atoms with Crippen molar-refractivity contribution in [1.29, 1.82) is 0 Å². The molecule has 0 aliphatic carbocycles. The summed E-state index contributed by atoms with van der Waals surface area (Å²) in [5.74, 6) is -2.59. The number of likely N-dealkylation sites (tertiary alicyclic amines) is 1. The summed E-state index contributed by atoms with van der Waals surface area (Å²) in [5.41, 5.74) is -0.623. The van der Waals surface area contributed by atoms with Gasteiger partial charge in [0.2, 0.25) is 0 Å². The van der Waals surface area contributed by atoms with Gasteiger partial charge in [0, 0.05) is 42.0 Å². The number of hydrogen-bond donors (Lipinski definition) is 1. The van der Waals surface area contributed by atoms with Crippen LogP contribution < -0.4 is 4.90 Å². The van der Waals surface area contributed by atoms with Crippen LogP contribution in [0.2, 0.25) is 5.02 Å². The molecule has 7 nitrogen and oxygen atoms in total. The lowest BCUT2D eigenvalue weighted by Crippen LogP contribution is -2.53. The van der Waals surface area contributed by atoms with Crippen molar-refractivity contribution in [2.24, 2.45) is 0 Å². The van der Waals surface area contributed by atoms with Gasteiger partial charge in [0.25, 0.3) is 17.6 Å². The van der Waals surface area contributed by atoms with E-state index in [1.54, 1.807) is 55.6 Å². The Morgan fingerprint density at radius 3 is 2.56 bits per heavy atom. The zero-order valence-electron chi connectivity index (χ0n) is 17.4. The van der Waals surface area contributed by atoms with E-state index >= 15 is 0 Å². The van der Waals surface area contributed by atoms with E-state index in [4.69, 9.17) is 16.3 Å². The van der Waals surface area contributed by atoms with Crippen molar-refractivity contribution < 1.29 is 24.2 Å². The third-order valence-corrected chi connectivity index (χ3v) is 6.72. The molecule has 2 saturated heterocycles. The Balaban J connectivity index is 1.79. The van der Waals surface area contributed by atoms with Gasteiger partial charge in [0.1, 0.15) is 5.76 Å². The fourth-order valence-electron chi connectivity index (χ4n) is 4.97. The highest BCUT2D eigenvalue weighted by atomic mass is 35.5. The lowest BCUT2D eigenvalue weighted by atomic mass is 9.81. The number of hydrogen-bond acceptors (Lipinski definition) is 5. The summed E-state index contributed by atoms with van der Waals surface area (Å²) in [6, 6.07) is 13.3. The minimum absolute atomic E-state index is 0.0793. The molecule has 5 rings (SSSR count). The van der Waals surface area contributed by atoms with Gasteiger partial charge in [-0.3, -0.25) is 14.4 Å². The van der Waals surface area contributed by atoms with Crippen molar-refractivity contribution in [1.82, 2.24) is 4.90 Å². The standard InChI is InChI=1S/C24H21ClN2O5/c1-26-18-7-3-2-6-17(18)24(23(26)31)19(20(28)14-8-10-15(25)11-9-14)21(29)22(30)27(24)13-16-5-4-12-32-16/h2-3,6-11,16,28H,4-5,12-13H2,1H3/b20-19+. The first-order chi connectivity index (χ1) is 15.4. The lowest BCUT2D eigenvalue weighted by molar-refractivity contribution is -0.145. The molecule has 0 aromatic heterocycles. The SMILES string of the molecule is CN1C(=O)C2(/C(=C(/O)c3ccc(Cl)cc3)C(=O)C(=O)N2CC2CCCO2)c2ccccc21. The molecule has 164 valence electrons. The lowest BCUT2D eigenvalue weighted by Gasteiger charge is -2.35. The van der Waals surface area contributed by atoms with Gasteiger partial charge in [-0.25, -0.2) is 0 Å². The van der Waals surface area contributed by atoms with E-state index in [9.17, 15) is 19.5 Å². The van der Waals surface area contributed by atoms with Crippen molar-refractivity contribution in [2.45, 2.75) is 24.5 Å². The maximum Gasteiger partial charge on any atom is 0.296 e. The minimum Gasteiger partial charge on any atom is -0.507 e. The topological polar surface area (TPSA) is 87.2 Å². The number of para-hydroxylation sites is 1. The second-order valence-corrected chi connectivity index (χ2v) is 8.64. The summed E-state index contributed by atoms with van der Waals surface area (Å²) in [5, 5.41) is 11.7. The number of ether oxygens (including phenoxy) is 1. The normalized spacial score (nSPS) is 26.4. The van der Waals surface area contributed by atoms with Crippen LogP contribution >= 0.6 is 11.6 Å². The highest BCUT2D eigenvalue weighted by molar-refractivity contribution is 6.50. The van der Waals surface area contributed by atoms with E-state index in [1.165, 1.54) is 9.80 Å². The summed E-state index contributed by atoms with van der Waals surface area (Å²) in [4.78, 5) is 43.2. The van der Waals surface area contributed by atoms with E-state index in [0.29, 0.717) is 28.4 Å². The predicted molar refractivity (Wildman–Crippen MR) is 118 cm³/mol. The number of fused-ring (bicyclic) bond motifs is 2. The number of aliphatic hydroxyl groups excluding tert-OH is 1. The Morgan fingerprint density at radius 1 is 1.16 bits per heavy atom. The first-order valence-corrected chi connectivity index (χ1v) is 10.8. The third-order valence-electron chi connectivity index (χ3n) is 6.47. The van der Waals surface area contributed by atoms with Crippen LogP contribution in [0.1, 0.15) is 24.0 Å². The number of nitrogens with zero attached hydrogens (tertiary/aromatic N) is 2. The van der Waals surface area contributed by atoms with Gasteiger partial charge >= 0.3 is 0 Å². The van der Waals surface area contributed by atoms with Crippen molar-refractivity contribution in [3.8, 4) is 0 Å². The van der Waals surface area contributed by atoms with Crippen LogP contribution in [0, 0.1) is 0 Å². The number of aliphatic hydroxyl groups is 1. The quantitative estimate of drug-likeness (QED) is 0.439. The zero-order valence-corrected chi connectivity index (χ0v) is 18.1. The average Bonchev–Trinajstić information content (AvgIpc) is 3.45. The molecule has 2 unspecified atom stereocenters. The van der Waals surface area contributed by atoms with Crippen LogP contribution in [0.15, 0.2) is 54.1 Å². The predicted octanol–water partition coefficient (Wildman–Crippen LogP) is 3.07. The van der Waals surface area contributed by atoms with Crippen LogP contribution in [-0.2, 0) is 24.7 Å². The number of amides is 2. The van der Waals surface area contributed by atoms with Gasteiger partial charge in [-0.05, 0) is 43.2 Å². The summed E-state index contributed by atoms with van der Waals surface area (Å²) >= 11 is 5.97. The Hall–Kier alpha value is -3.16. The Labute approximate surface area is 189 Å². The summed E-state index contributed by atoms with van der Waals surface area (Å²) in [6.07, 6.45) is 1.28. The molecule has 2 aromatic rings. The highest BCUT2D eigenvalue weighted by Crippen LogP contribution is 2.53. The van der Waals surface area contributed by atoms with Crippen LogP contribution in [0.4, 0.5) is 5.69 Å². The largest absolute Gasteiger partial charge is 0.507 e. The monoisotopic (exact) mass is 452 g/mol. The summed E-state index contributed by atoms with van der Waals surface area (Å²) in [6.45, 7) is 0.646. The zero-order chi connectivity index (χ0) is 22.6. The number of carbonyl (C=O) groups excluding carboxylic acids is 3. The molecule has 2 fully saturated rings. The van der Waals surface area contributed by atoms with Crippen LogP contribution in [0.3, 0.4) is 0 Å². The van der Waals surface area contributed by atoms with Crippen molar-refractivity contribution >= 4 is 40.6 Å². The molecule has 3 aliphatic heterocycles. The molecule has 2 amide bonds. The van der Waals surface area contributed by atoms with E-state index < -0.39 is 28.9 Å². The second kappa shape index (κ2) is 7.46. The highest BCUT2D eigenvalue weighted by Gasteiger charge is 2.66. The minimum atomic E-state index is -1.75. The number of ketones is 1. The number of carbonyl (C=O) groups is 3. The Kier molecular flexibility index (Phi) is 4.83. The first kappa shape index (κ1) is 20.7. The second-order valence-electron chi connectivity index (χ2n) is 8.20. The average molecular weight is 453 g/mol. The molecule has 0 bridgehead atoms. The Morgan fingerprint density at radius 2 is 1.88 bits per heavy atom. The molecular formula is C24H21ClN2O5. The molecule has 2 aromatic carbocycles. The number of anilines is 1. The van der Waals surface area contributed by atoms with Crippen molar-refractivity contribution in [3.05, 3.63) is 70.3 Å². The van der Waals surface area contributed by atoms with Gasteiger partial charge in [-0.1, -0.05) is 29.8 Å². The summed E-state index contributed by atoms with van der Waals surface area (Å²) < 4.78 is 5.72. The van der Waals surface area contributed by atoms with Gasteiger partial charge < -0.3 is 19.6 Å². The maximum atomic E-state index is 13.8. The molecule has 8 heteroatoms. The van der Waals surface area contributed by atoms with E-state index in [0.717, 1.165) is 12.8 Å². The van der Waals surface area contributed by atoms with E-state index in [2.05, 4.69) is 0 Å². The molecule has 3 heterocycles. The maximum absolute atomic E-state index is 13.8. The molecule has 3 aliphatic rings. The van der Waals surface area contributed by atoms with Crippen molar-refractivity contribution in [3.63, 3.8) is 0 Å². The number of rotatable bonds is 3. The van der Waals surface area contributed by atoms with Crippen LogP contribution in [-0.4, -0.2) is 53.9 Å². The van der Waals surface area contributed by atoms with E-state index in [1.807, 2.05) is 0 Å². The molecule has 0 radical (unpaired) electrons. The number of likely N-dealkylation sites (N-methyl/N-ethyl adjacent to an activating group) is 1. The van der Waals surface area contributed by atoms with Crippen LogP contribution in [0.5, 0.6) is 0 Å². The van der Waals surface area contributed by atoms with Crippen molar-refractivity contribution in [2.75, 3.05) is 25.1 Å². The Bertz CT molecular complexity index is 1170. The molecule has 0 saturated carbocycles. The molecule has 32 heavy (non-hydrogen) atoms. The molecule has 2 atom stereocenters. The van der Waals surface area contributed by atoms with Gasteiger partial charge in [-0.15, -0.1) is 0 Å². The molecule has 1 spiro atoms. The number of halogens is 1. The van der Waals surface area contributed by atoms with E-state index in [-0.39, 0.29) is 18.2 Å². The van der Waals surface area contributed by atoms with Gasteiger partial charge in [-0.2, -0.15) is 0 Å². The smallest absolute Gasteiger partial charge is 0.296 e. The van der Waals surface area contributed by atoms with Gasteiger partial charge in [0.15, 0.2) is 5.54 Å². The molecular weight excluding hydrogens is 432 g/mol. The van der Waals surface area contributed by atoms with Gasteiger partial charge in [0.05, 0.1) is 11.7 Å². The third kappa shape index (κ3) is 2.74. The molecule has 1 N–H and O–H groups in total. The fraction of sp³-hybridized carbons (Fsp3) is 0.292. The number of Topliss-reactive ketones (excluding diaryl/α,β-unsaturated/α-hetero) is 1. The first-order valence-electron chi connectivity index (χ1n) is 10.4. The fourth-order valence-corrected chi connectivity index (χ4v) is 5.09.